The molecule has 0 saturated heterocycles. The fraction of sp³-hybridized carbons (Fsp3) is 0.125. The van der Waals surface area contributed by atoms with Gasteiger partial charge in [-0.1, -0.05) is 103 Å². The minimum absolute atomic E-state index is 0.0420. The fourth-order valence-electron chi connectivity index (χ4n) is 2.96. The molecule has 0 aliphatic rings. The summed E-state index contributed by atoms with van der Waals surface area (Å²) in [6.07, 6.45) is 3.21. The van der Waals surface area contributed by atoms with Crippen LogP contribution in [0.2, 0.25) is 0 Å². The van der Waals surface area contributed by atoms with Crippen molar-refractivity contribution in [3.05, 3.63) is 114 Å². The molecular weight excluding hydrogens is 320 g/mol. The van der Waals surface area contributed by atoms with Crippen LogP contribution in [0, 0.1) is 5.92 Å². The molecule has 0 heterocycles. The van der Waals surface area contributed by atoms with Gasteiger partial charge in [0.1, 0.15) is 0 Å². The van der Waals surface area contributed by atoms with E-state index in [0.717, 1.165) is 11.1 Å². The predicted octanol–water partition coefficient (Wildman–Crippen LogP) is 4.80. The molecule has 3 rings (SSSR count). The second-order valence-electron chi connectivity index (χ2n) is 6.29. The zero-order valence-corrected chi connectivity index (χ0v) is 14.5. The van der Waals surface area contributed by atoms with Crippen molar-refractivity contribution in [2.75, 3.05) is 0 Å². The van der Waals surface area contributed by atoms with E-state index in [1.807, 2.05) is 84.9 Å². The predicted molar refractivity (Wildman–Crippen MR) is 106 cm³/mol. The normalized spacial score (nSPS) is 13.4. The first-order valence-corrected chi connectivity index (χ1v) is 8.78. The van der Waals surface area contributed by atoms with Crippen molar-refractivity contribution in [1.29, 1.82) is 0 Å². The number of hydrogen-bond acceptors (Lipinski definition) is 2. The topological polar surface area (TPSA) is 37.3 Å². The van der Waals surface area contributed by atoms with Crippen LogP contribution in [-0.2, 0) is 6.42 Å². The lowest BCUT2D eigenvalue weighted by atomic mass is 9.86. The van der Waals surface area contributed by atoms with E-state index in [9.17, 15) is 9.90 Å². The minimum Gasteiger partial charge on any atom is -0.388 e. The maximum atomic E-state index is 13.0. The number of carbonyl (C=O) groups is 1. The Morgan fingerprint density at radius 3 is 1.96 bits per heavy atom. The maximum absolute atomic E-state index is 13.0. The molecule has 0 aliphatic carbocycles. The van der Waals surface area contributed by atoms with Gasteiger partial charge in [0.25, 0.3) is 0 Å². The van der Waals surface area contributed by atoms with E-state index in [1.54, 1.807) is 18.2 Å². The van der Waals surface area contributed by atoms with Crippen molar-refractivity contribution < 1.29 is 9.90 Å². The molecule has 2 atom stereocenters. The summed E-state index contributed by atoms with van der Waals surface area (Å²) in [5.41, 5.74) is 2.66. The molecule has 3 aromatic rings. The smallest absolute Gasteiger partial charge is 0.169 e. The van der Waals surface area contributed by atoms with Crippen molar-refractivity contribution in [1.82, 2.24) is 0 Å². The Bertz CT molecular complexity index is 839. The SMILES string of the molecule is O=C(c1ccccc1)[C@H](Cc1ccccc1)[C@@H](O)/C=C\c1ccccc1. The van der Waals surface area contributed by atoms with Gasteiger partial charge < -0.3 is 5.11 Å². The number of ketones is 1. The maximum Gasteiger partial charge on any atom is 0.169 e. The van der Waals surface area contributed by atoms with Gasteiger partial charge in [-0.2, -0.15) is 0 Å². The van der Waals surface area contributed by atoms with Gasteiger partial charge in [-0.05, 0) is 17.5 Å². The molecule has 0 saturated carbocycles. The number of hydrogen-bond donors (Lipinski definition) is 1. The highest BCUT2D eigenvalue weighted by Gasteiger charge is 2.26. The lowest BCUT2D eigenvalue weighted by molar-refractivity contribution is 0.0779. The Balaban J connectivity index is 1.84. The zero-order chi connectivity index (χ0) is 18.2. The Hall–Kier alpha value is -2.97. The Labute approximate surface area is 154 Å². The molecule has 0 aromatic heterocycles. The molecule has 2 heteroatoms. The highest BCUT2D eigenvalue weighted by atomic mass is 16.3. The van der Waals surface area contributed by atoms with Crippen LogP contribution in [0.4, 0.5) is 0 Å². The lowest BCUT2D eigenvalue weighted by Crippen LogP contribution is -2.29. The third kappa shape index (κ3) is 4.78. The first kappa shape index (κ1) is 17.8. The summed E-state index contributed by atoms with van der Waals surface area (Å²) in [5.74, 6) is -0.570. The van der Waals surface area contributed by atoms with E-state index < -0.39 is 12.0 Å². The Morgan fingerprint density at radius 2 is 1.35 bits per heavy atom. The van der Waals surface area contributed by atoms with Crippen LogP contribution in [0.15, 0.2) is 97.1 Å². The van der Waals surface area contributed by atoms with Crippen LogP contribution in [0.5, 0.6) is 0 Å². The second-order valence-corrected chi connectivity index (χ2v) is 6.29. The molecular formula is C24H22O2. The molecule has 0 bridgehead atoms. The summed E-state index contributed by atoms with van der Waals surface area (Å²) in [4.78, 5) is 13.0. The number of carbonyl (C=O) groups excluding carboxylic acids is 1. The number of rotatable bonds is 7. The van der Waals surface area contributed by atoms with Crippen LogP contribution in [0.25, 0.3) is 6.08 Å². The van der Waals surface area contributed by atoms with Gasteiger partial charge in [0.15, 0.2) is 5.78 Å². The van der Waals surface area contributed by atoms with Crippen LogP contribution < -0.4 is 0 Å². The van der Waals surface area contributed by atoms with Crippen molar-refractivity contribution in [3.8, 4) is 0 Å². The molecule has 130 valence electrons. The van der Waals surface area contributed by atoms with Gasteiger partial charge in [0.2, 0.25) is 0 Å². The molecule has 0 unspecified atom stereocenters. The zero-order valence-electron chi connectivity index (χ0n) is 14.5. The average Bonchev–Trinajstić information content (AvgIpc) is 2.72. The fourth-order valence-corrected chi connectivity index (χ4v) is 2.96. The molecule has 3 aromatic carbocycles. The standard InChI is InChI=1S/C24H22O2/c25-23(17-16-19-10-4-1-5-11-19)22(18-20-12-6-2-7-13-20)24(26)21-14-8-3-9-15-21/h1-17,22-23,25H,18H2/b17-16-/t22-,23+/m1/s1. The van der Waals surface area contributed by atoms with Crippen LogP contribution in [-0.4, -0.2) is 17.0 Å². The Morgan fingerprint density at radius 1 is 0.808 bits per heavy atom. The minimum atomic E-state index is -0.858. The first-order valence-electron chi connectivity index (χ1n) is 8.78. The molecule has 2 nitrogen and oxygen atoms in total. The van der Waals surface area contributed by atoms with E-state index in [2.05, 4.69) is 0 Å². The van der Waals surface area contributed by atoms with Crippen molar-refractivity contribution in [2.24, 2.45) is 5.92 Å². The van der Waals surface area contributed by atoms with Gasteiger partial charge in [-0.15, -0.1) is 0 Å². The number of aliphatic hydroxyl groups excluding tert-OH is 1. The van der Waals surface area contributed by atoms with Gasteiger partial charge >= 0.3 is 0 Å². The van der Waals surface area contributed by atoms with E-state index >= 15 is 0 Å². The summed E-state index contributed by atoms with van der Waals surface area (Å²) in [5, 5.41) is 10.8. The second kappa shape index (κ2) is 8.93. The largest absolute Gasteiger partial charge is 0.388 e. The van der Waals surface area contributed by atoms with Gasteiger partial charge in [-0.25, -0.2) is 0 Å². The third-order valence-corrected chi connectivity index (χ3v) is 4.39. The Kier molecular flexibility index (Phi) is 6.13. The monoisotopic (exact) mass is 342 g/mol. The van der Waals surface area contributed by atoms with Gasteiger partial charge in [-0.3, -0.25) is 4.79 Å². The van der Waals surface area contributed by atoms with Gasteiger partial charge in [0.05, 0.1) is 12.0 Å². The van der Waals surface area contributed by atoms with Gasteiger partial charge in [0, 0.05) is 5.56 Å². The summed E-state index contributed by atoms with van der Waals surface area (Å²) in [6, 6.07) is 28.8. The van der Waals surface area contributed by atoms with Crippen LogP contribution in [0.3, 0.4) is 0 Å². The first-order chi connectivity index (χ1) is 12.7. The lowest BCUT2D eigenvalue weighted by Gasteiger charge is -2.20. The summed E-state index contributed by atoms with van der Waals surface area (Å²) in [7, 11) is 0. The summed E-state index contributed by atoms with van der Waals surface area (Å²) in [6.45, 7) is 0. The molecule has 0 aliphatic heterocycles. The molecule has 0 radical (unpaired) electrons. The van der Waals surface area contributed by atoms with Crippen LogP contribution in [0.1, 0.15) is 21.5 Å². The number of aliphatic hydroxyl groups is 1. The van der Waals surface area contributed by atoms with E-state index in [0.29, 0.717) is 12.0 Å². The van der Waals surface area contributed by atoms with E-state index in [4.69, 9.17) is 0 Å². The van der Waals surface area contributed by atoms with Crippen molar-refractivity contribution in [3.63, 3.8) is 0 Å². The molecule has 0 amide bonds. The van der Waals surface area contributed by atoms with E-state index in [1.165, 1.54) is 0 Å². The highest BCUT2D eigenvalue weighted by Crippen LogP contribution is 2.20. The average molecular weight is 342 g/mol. The highest BCUT2D eigenvalue weighted by molar-refractivity contribution is 5.98. The number of Topliss-reactive ketones (excluding diaryl/α,β-unsaturated/α-hetero) is 1. The van der Waals surface area contributed by atoms with Crippen molar-refractivity contribution >= 4 is 11.9 Å². The quantitative estimate of drug-likeness (QED) is 0.626. The van der Waals surface area contributed by atoms with Crippen molar-refractivity contribution in [2.45, 2.75) is 12.5 Å². The molecule has 26 heavy (non-hydrogen) atoms. The molecule has 0 spiro atoms. The van der Waals surface area contributed by atoms with Crippen LogP contribution >= 0.6 is 0 Å². The third-order valence-electron chi connectivity index (χ3n) is 4.39. The molecule has 1 N–H and O–H groups in total. The summed E-state index contributed by atoms with van der Waals surface area (Å²) >= 11 is 0. The summed E-state index contributed by atoms with van der Waals surface area (Å²) < 4.78 is 0. The number of benzene rings is 3. The van der Waals surface area contributed by atoms with E-state index in [-0.39, 0.29) is 5.78 Å². The molecule has 0 fully saturated rings.